The summed E-state index contributed by atoms with van der Waals surface area (Å²) < 4.78 is 5.45. The zero-order valence-corrected chi connectivity index (χ0v) is 14.5. The Bertz CT molecular complexity index is 456. The van der Waals surface area contributed by atoms with Gasteiger partial charge in [-0.15, -0.1) is 0 Å². The van der Waals surface area contributed by atoms with Gasteiger partial charge in [-0.1, -0.05) is 0 Å². The van der Waals surface area contributed by atoms with Crippen LogP contribution in [0.3, 0.4) is 0 Å². The van der Waals surface area contributed by atoms with Crippen LogP contribution in [0.4, 0.5) is 4.79 Å². The molecule has 0 spiro atoms. The number of thiophene rings is 1. The van der Waals surface area contributed by atoms with Crippen molar-refractivity contribution < 1.29 is 9.53 Å². The molecule has 1 saturated heterocycles. The van der Waals surface area contributed by atoms with Crippen LogP contribution in [-0.2, 0) is 11.2 Å². The van der Waals surface area contributed by atoms with Crippen molar-refractivity contribution in [3.05, 3.63) is 22.4 Å². The van der Waals surface area contributed by atoms with Crippen LogP contribution in [0, 0.1) is 0 Å². The van der Waals surface area contributed by atoms with Crippen molar-refractivity contribution in [3.8, 4) is 0 Å². The van der Waals surface area contributed by atoms with Gasteiger partial charge in [-0.05, 0) is 62.7 Å². The molecule has 0 aliphatic carbocycles. The van der Waals surface area contributed by atoms with Crippen LogP contribution in [0.5, 0.6) is 0 Å². The summed E-state index contributed by atoms with van der Waals surface area (Å²) >= 11 is 1.69. The molecule has 2 rings (SSSR count). The van der Waals surface area contributed by atoms with Crippen molar-refractivity contribution in [1.82, 2.24) is 15.5 Å². The van der Waals surface area contributed by atoms with Crippen LogP contribution in [0.25, 0.3) is 0 Å². The van der Waals surface area contributed by atoms with E-state index >= 15 is 0 Å². The first-order valence-electron chi connectivity index (χ1n) is 7.82. The minimum absolute atomic E-state index is 0.00614. The van der Waals surface area contributed by atoms with Gasteiger partial charge in [-0.25, -0.2) is 4.79 Å². The predicted octanol–water partition coefficient (Wildman–Crippen LogP) is 2.09. The summed E-state index contributed by atoms with van der Waals surface area (Å²) in [7, 11) is 4.15. The molecular weight excluding hydrogens is 298 g/mol. The quantitative estimate of drug-likeness (QED) is 0.842. The highest BCUT2D eigenvalue weighted by molar-refractivity contribution is 7.07. The van der Waals surface area contributed by atoms with E-state index in [9.17, 15) is 4.79 Å². The van der Waals surface area contributed by atoms with E-state index in [2.05, 4.69) is 46.5 Å². The summed E-state index contributed by atoms with van der Waals surface area (Å²) in [6.45, 7) is 4.21. The maximum Gasteiger partial charge on any atom is 0.315 e. The number of urea groups is 1. The number of ether oxygens (including phenoxy) is 1. The smallest absolute Gasteiger partial charge is 0.315 e. The second-order valence-electron chi connectivity index (χ2n) is 6.29. The third-order valence-electron chi connectivity index (χ3n) is 4.45. The average molecular weight is 325 g/mol. The summed E-state index contributed by atoms with van der Waals surface area (Å²) in [5.41, 5.74) is 1.28. The Morgan fingerprint density at radius 1 is 1.45 bits per heavy atom. The highest BCUT2D eigenvalue weighted by Gasteiger charge is 2.35. The van der Waals surface area contributed by atoms with Gasteiger partial charge in [0.15, 0.2) is 0 Å². The van der Waals surface area contributed by atoms with Crippen molar-refractivity contribution in [3.63, 3.8) is 0 Å². The van der Waals surface area contributed by atoms with Gasteiger partial charge in [0.05, 0.1) is 0 Å². The maximum absolute atomic E-state index is 12.1. The van der Waals surface area contributed by atoms with Gasteiger partial charge in [0.2, 0.25) is 0 Å². The third kappa shape index (κ3) is 4.69. The molecule has 2 N–H and O–H groups in total. The van der Waals surface area contributed by atoms with Gasteiger partial charge < -0.3 is 20.3 Å². The molecule has 2 heterocycles. The molecule has 0 radical (unpaired) electrons. The van der Waals surface area contributed by atoms with Crippen molar-refractivity contribution >= 4 is 17.4 Å². The summed E-state index contributed by atoms with van der Waals surface area (Å²) in [4.78, 5) is 14.3. The Morgan fingerprint density at radius 2 is 2.18 bits per heavy atom. The molecular formula is C16H27N3O2S. The van der Waals surface area contributed by atoms with Gasteiger partial charge in [0.1, 0.15) is 0 Å². The fraction of sp³-hybridized carbons (Fsp3) is 0.688. The number of hydrogen-bond acceptors (Lipinski definition) is 4. The van der Waals surface area contributed by atoms with E-state index in [4.69, 9.17) is 4.74 Å². The van der Waals surface area contributed by atoms with Crippen molar-refractivity contribution in [2.75, 3.05) is 33.9 Å². The number of amides is 2. The number of rotatable bonds is 6. The average Bonchev–Trinajstić information content (AvgIpc) is 2.98. The standard InChI is InChI=1S/C16H27N3O2S/c1-13(10-14-4-9-22-11-14)18-15(20)17-12-16(19(2)3)5-7-21-8-6-16/h4,9,11,13H,5-8,10,12H2,1-3H3,(H2,17,18,20)/t13-/m0/s1. The number of carbonyl (C=O) groups is 1. The number of hydrogen-bond donors (Lipinski definition) is 2. The molecule has 1 aliphatic rings. The molecule has 0 bridgehead atoms. The molecule has 1 fully saturated rings. The molecule has 2 amide bonds. The normalized spacial score (nSPS) is 18.9. The Kier molecular flexibility index (Phi) is 6.23. The first-order chi connectivity index (χ1) is 10.5. The van der Waals surface area contributed by atoms with E-state index in [1.807, 2.05) is 6.92 Å². The predicted molar refractivity (Wildman–Crippen MR) is 90.5 cm³/mol. The summed E-state index contributed by atoms with van der Waals surface area (Å²) in [6.07, 6.45) is 2.76. The molecule has 1 aliphatic heterocycles. The SMILES string of the molecule is C[C@@H](Cc1ccsc1)NC(=O)NCC1(N(C)C)CCOCC1. The lowest BCUT2D eigenvalue weighted by Crippen LogP contribution is -2.57. The lowest BCUT2D eigenvalue weighted by Gasteiger charge is -2.42. The first kappa shape index (κ1) is 17.2. The summed E-state index contributed by atoms with van der Waals surface area (Å²) in [6, 6.07) is 2.14. The van der Waals surface area contributed by atoms with E-state index in [-0.39, 0.29) is 17.6 Å². The Hall–Kier alpha value is -1.11. The van der Waals surface area contributed by atoms with E-state index in [0.29, 0.717) is 6.54 Å². The minimum Gasteiger partial charge on any atom is -0.381 e. The van der Waals surface area contributed by atoms with Crippen LogP contribution in [0.2, 0.25) is 0 Å². The van der Waals surface area contributed by atoms with Crippen molar-refractivity contribution in [2.45, 2.75) is 37.8 Å². The zero-order valence-electron chi connectivity index (χ0n) is 13.7. The summed E-state index contributed by atoms with van der Waals surface area (Å²) in [5.74, 6) is 0. The van der Waals surface area contributed by atoms with Crippen LogP contribution in [0.15, 0.2) is 16.8 Å². The Morgan fingerprint density at radius 3 is 2.77 bits per heavy atom. The Balaban J connectivity index is 1.78. The highest BCUT2D eigenvalue weighted by Crippen LogP contribution is 2.24. The van der Waals surface area contributed by atoms with Gasteiger partial charge in [0, 0.05) is 31.3 Å². The zero-order chi connectivity index (χ0) is 16.0. The van der Waals surface area contributed by atoms with E-state index in [0.717, 1.165) is 32.5 Å². The van der Waals surface area contributed by atoms with Gasteiger partial charge in [-0.2, -0.15) is 11.3 Å². The molecule has 1 aromatic rings. The van der Waals surface area contributed by atoms with Crippen LogP contribution >= 0.6 is 11.3 Å². The van der Waals surface area contributed by atoms with E-state index < -0.39 is 0 Å². The van der Waals surface area contributed by atoms with Crippen molar-refractivity contribution in [2.24, 2.45) is 0 Å². The topological polar surface area (TPSA) is 53.6 Å². The third-order valence-corrected chi connectivity index (χ3v) is 5.18. The molecule has 1 aromatic heterocycles. The number of carbonyl (C=O) groups excluding carboxylic acids is 1. The lowest BCUT2D eigenvalue weighted by molar-refractivity contribution is -0.00574. The highest BCUT2D eigenvalue weighted by atomic mass is 32.1. The monoisotopic (exact) mass is 325 g/mol. The second-order valence-corrected chi connectivity index (χ2v) is 7.07. The largest absolute Gasteiger partial charge is 0.381 e. The van der Waals surface area contributed by atoms with Crippen LogP contribution < -0.4 is 10.6 Å². The molecule has 22 heavy (non-hydrogen) atoms. The molecule has 0 unspecified atom stereocenters. The van der Waals surface area contributed by atoms with Gasteiger partial charge in [-0.3, -0.25) is 0 Å². The molecule has 1 atom stereocenters. The van der Waals surface area contributed by atoms with Crippen molar-refractivity contribution in [1.29, 1.82) is 0 Å². The van der Waals surface area contributed by atoms with Crippen LogP contribution in [0.1, 0.15) is 25.3 Å². The Labute approximate surface area is 137 Å². The van der Waals surface area contributed by atoms with Gasteiger partial charge in [0.25, 0.3) is 0 Å². The molecule has 0 saturated carbocycles. The molecule has 124 valence electrons. The second kappa shape index (κ2) is 7.94. The fourth-order valence-electron chi connectivity index (χ4n) is 2.87. The van der Waals surface area contributed by atoms with E-state index in [1.54, 1.807) is 11.3 Å². The maximum atomic E-state index is 12.1. The number of nitrogens with zero attached hydrogens (tertiary/aromatic N) is 1. The fourth-order valence-corrected chi connectivity index (χ4v) is 3.55. The number of likely N-dealkylation sites (N-methyl/N-ethyl adjacent to an activating group) is 1. The first-order valence-corrected chi connectivity index (χ1v) is 8.77. The molecule has 0 aromatic carbocycles. The number of nitrogens with one attached hydrogen (secondary N) is 2. The van der Waals surface area contributed by atoms with Gasteiger partial charge >= 0.3 is 6.03 Å². The molecule has 6 heteroatoms. The summed E-state index contributed by atoms with van der Waals surface area (Å²) in [5, 5.41) is 10.2. The minimum atomic E-state index is -0.0875. The molecule has 5 nitrogen and oxygen atoms in total. The van der Waals surface area contributed by atoms with E-state index in [1.165, 1.54) is 5.56 Å². The lowest BCUT2D eigenvalue weighted by atomic mass is 9.88. The van der Waals surface area contributed by atoms with Crippen LogP contribution in [-0.4, -0.2) is 56.4 Å².